The number of carboxylic acid groups (broad SMARTS) is 1. The Labute approximate surface area is 99.4 Å². The van der Waals surface area contributed by atoms with Crippen molar-refractivity contribution < 1.29 is 19.4 Å². The van der Waals surface area contributed by atoms with Crippen molar-refractivity contribution in [3.8, 4) is 5.75 Å². The van der Waals surface area contributed by atoms with E-state index in [1.54, 1.807) is 18.2 Å². The van der Waals surface area contributed by atoms with Crippen molar-refractivity contribution in [2.24, 2.45) is 0 Å². The van der Waals surface area contributed by atoms with Gasteiger partial charge in [-0.15, -0.1) is 0 Å². The predicted molar refractivity (Wildman–Crippen MR) is 62.2 cm³/mol. The number of benzene rings is 1. The van der Waals surface area contributed by atoms with E-state index in [0.717, 1.165) is 0 Å². The molecule has 92 valence electrons. The SMILES string of the molecule is CNC(=O)c1cccc(OC(C)(C)C(=O)O)c1. The number of carbonyl (C=O) groups is 2. The van der Waals surface area contributed by atoms with Crippen LogP contribution in [0.3, 0.4) is 0 Å². The normalized spacial score (nSPS) is 10.8. The lowest BCUT2D eigenvalue weighted by atomic mass is 10.1. The van der Waals surface area contributed by atoms with Crippen LogP contribution in [0, 0.1) is 0 Å². The molecule has 1 rings (SSSR count). The van der Waals surface area contributed by atoms with E-state index in [1.807, 2.05) is 0 Å². The second-order valence-electron chi connectivity index (χ2n) is 4.02. The number of rotatable bonds is 4. The van der Waals surface area contributed by atoms with E-state index in [-0.39, 0.29) is 5.91 Å². The molecule has 5 heteroatoms. The van der Waals surface area contributed by atoms with E-state index in [2.05, 4.69) is 5.32 Å². The van der Waals surface area contributed by atoms with Crippen LogP contribution in [0.1, 0.15) is 24.2 Å². The Morgan fingerprint density at radius 3 is 2.53 bits per heavy atom. The van der Waals surface area contributed by atoms with E-state index in [1.165, 1.54) is 27.0 Å². The van der Waals surface area contributed by atoms with Gasteiger partial charge in [-0.1, -0.05) is 6.07 Å². The highest BCUT2D eigenvalue weighted by atomic mass is 16.5. The average Bonchev–Trinajstić information content (AvgIpc) is 2.27. The van der Waals surface area contributed by atoms with Crippen molar-refractivity contribution in [1.29, 1.82) is 0 Å². The first-order chi connectivity index (χ1) is 7.86. The molecule has 0 aromatic heterocycles. The van der Waals surface area contributed by atoms with Crippen LogP contribution in [-0.4, -0.2) is 29.6 Å². The summed E-state index contributed by atoms with van der Waals surface area (Å²) < 4.78 is 5.32. The highest BCUT2D eigenvalue weighted by Gasteiger charge is 2.29. The second-order valence-corrected chi connectivity index (χ2v) is 4.02. The summed E-state index contributed by atoms with van der Waals surface area (Å²) in [7, 11) is 1.52. The van der Waals surface area contributed by atoms with Crippen LogP contribution >= 0.6 is 0 Å². The predicted octanol–water partition coefficient (Wildman–Crippen LogP) is 1.29. The maximum absolute atomic E-state index is 11.4. The zero-order valence-electron chi connectivity index (χ0n) is 9.98. The van der Waals surface area contributed by atoms with Gasteiger partial charge in [0.1, 0.15) is 5.75 Å². The molecule has 17 heavy (non-hydrogen) atoms. The van der Waals surface area contributed by atoms with E-state index in [4.69, 9.17) is 9.84 Å². The van der Waals surface area contributed by atoms with E-state index < -0.39 is 11.6 Å². The van der Waals surface area contributed by atoms with Crippen LogP contribution in [0.25, 0.3) is 0 Å². The standard InChI is InChI=1S/C12H15NO4/c1-12(2,11(15)16)17-9-6-4-5-8(7-9)10(14)13-3/h4-7H,1-3H3,(H,13,14)(H,15,16). The van der Waals surface area contributed by atoms with Crippen molar-refractivity contribution in [3.05, 3.63) is 29.8 Å². The Bertz CT molecular complexity index is 440. The zero-order valence-corrected chi connectivity index (χ0v) is 9.98. The van der Waals surface area contributed by atoms with Gasteiger partial charge in [0, 0.05) is 12.6 Å². The van der Waals surface area contributed by atoms with Crippen LogP contribution in [0.4, 0.5) is 0 Å². The molecule has 5 nitrogen and oxygen atoms in total. The number of aliphatic carboxylic acids is 1. The lowest BCUT2D eigenvalue weighted by Gasteiger charge is -2.21. The summed E-state index contributed by atoms with van der Waals surface area (Å²) in [5.74, 6) is -0.968. The number of amides is 1. The third-order valence-electron chi connectivity index (χ3n) is 2.21. The van der Waals surface area contributed by atoms with Crippen LogP contribution < -0.4 is 10.1 Å². The van der Waals surface area contributed by atoms with Gasteiger partial charge in [0.05, 0.1) is 0 Å². The van der Waals surface area contributed by atoms with Gasteiger partial charge in [-0.3, -0.25) is 4.79 Å². The molecule has 0 saturated carbocycles. The highest BCUT2D eigenvalue weighted by Crippen LogP contribution is 2.19. The minimum absolute atomic E-state index is 0.247. The quantitative estimate of drug-likeness (QED) is 0.827. The molecule has 0 bridgehead atoms. The van der Waals surface area contributed by atoms with Crippen LogP contribution in [0.5, 0.6) is 5.75 Å². The molecule has 1 aromatic rings. The number of carbonyl (C=O) groups excluding carboxylic acids is 1. The fourth-order valence-electron chi connectivity index (χ4n) is 1.18. The minimum atomic E-state index is -1.33. The van der Waals surface area contributed by atoms with E-state index in [0.29, 0.717) is 11.3 Å². The van der Waals surface area contributed by atoms with Crippen molar-refractivity contribution in [1.82, 2.24) is 5.32 Å². The topological polar surface area (TPSA) is 75.6 Å². The number of hydrogen-bond donors (Lipinski definition) is 2. The summed E-state index contributed by atoms with van der Waals surface area (Å²) in [5.41, 5.74) is -0.910. The molecule has 0 radical (unpaired) electrons. The molecule has 0 fully saturated rings. The van der Waals surface area contributed by atoms with Crippen molar-refractivity contribution in [2.45, 2.75) is 19.4 Å². The number of nitrogens with one attached hydrogen (secondary N) is 1. The van der Waals surface area contributed by atoms with Crippen LogP contribution in [0.15, 0.2) is 24.3 Å². The van der Waals surface area contributed by atoms with Crippen LogP contribution in [-0.2, 0) is 4.79 Å². The molecule has 1 amide bonds. The zero-order chi connectivity index (χ0) is 13.1. The fraction of sp³-hybridized carbons (Fsp3) is 0.333. The van der Waals surface area contributed by atoms with Crippen molar-refractivity contribution >= 4 is 11.9 Å². The van der Waals surface area contributed by atoms with E-state index >= 15 is 0 Å². The first kappa shape index (κ1) is 13.0. The maximum Gasteiger partial charge on any atom is 0.347 e. The Morgan fingerprint density at radius 2 is 2.00 bits per heavy atom. The van der Waals surface area contributed by atoms with Gasteiger partial charge >= 0.3 is 5.97 Å². The monoisotopic (exact) mass is 237 g/mol. The molecular formula is C12H15NO4. The van der Waals surface area contributed by atoms with Gasteiger partial charge in [0.15, 0.2) is 5.60 Å². The third-order valence-corrected chi connectivity index (χ3v) is 2.21. The first-order valence-corrected chi connectivity index (χ1v) is 5.11. The van der Waals surface area contributed by atoms with Crippen LogP contribution in [0.2, 0.25) is 0 Å². The lowest BCUT2D eigenvalue weighted by Crippen LogP contribution is -2.37. The highest BCUT2D eigenvalue weighted by molar-refractivity contribution is 5.94. The summed E-state index contributed by atoms with van der Waals surface area (Å²) in [5, 5.41) is 11.4. The Morgan fingerprint density at radius 1 is 1.35 bits per heavy atom. The summed E-state index contributed by atoms with van der Waals surface area (Å²) in [6.45, 7) is 2.89. The molecule has 0 atom stereocenters. The summed E-state index contributed by atoms with van der Waals surface area (Å²) in [6, 6.07) is 6.37. The number of hydrogen-bond acceptors (Lipinski definition) is 3. The fourth-order valence-corrected chi connectivity index (χ4v) is 1.18. The maximum atomic E-state index is 11.4. The molecule has 0 saturated heterocycles. The smallest absolute Gasteiger partial charge is 0.347 e. The number of ether oxygens (including phenoxy) is 1. The van der Waals surface area contributed by atoms with Gasteiger partial charge in [0.2, 0.25) is 0 Å². The minimum Gasteiger partial charge on any atom is -0.478 e. The largest absolute Gasteiger partial charge is 0.478 e. The van der Waals surface area contributed by atoms with Crippen molar-refractivity contribution in [3.63, 3.8) is 0 Å². The van der Waals surface area contributed by atoms with Gasteiger partial charge in [-0.25, -0.2) is 4.79 Å². The van der Waals surface area contributed by atoms with E-state index in [9.17, 15) is 9.59 Å². The Hall–Kier alpha value is -2.04. The van der Waals surface area contributed by atoms with Gasteiger partial charge in [-0.2, -0.15) is 0 Å². The Balaban J connectivity index is 2.93. The van der Waals surface area contributed by atoms with Gasteiger partial charge in [0.25, 0.3) is 5.91 Å². The third kappa shape index (κ3) is 3.21. The average molecular weight is 237 g/mol. The number of carboxylic acids is 1. The summed E-state index contributed by atoms with van der Waals surface area (Å²) in [4.78, 5) is 22.3. The molecule has 0 aliphatic heterocycles. The molecule has 0 aliphatic rings. The molecular weight excluding hydrogens is 222 g/mol. The van der Waals surface area contributed by atoms with Gasteiger partial charge in [-0.05, 0) is 32.0 Å². The lowest BCUT2D eigenvalue weighted by molar-refractivity contribution is -0.152. The molecule has 1 aromatic carbocycles. The molecule has 0 heterocycles. The van der Waals surface area contributed by atoms with Gasteiger partial charge < -0.3 is 15.2 Å². The van der Waals surface area contributed by atoms with Crippen molar-refractivity contribution in [2.75, 3.05) is 7.05 Å². The molecule has 0 aliphatic carbocycles. The summed E-state index contributed by atoms with van der Waals surface area (Å²) in [6.07, 6.45) is 0. The second kappa shape index (κ2) is 4.86. The summed E-state index contributed by atoms with van der Waals surface area (Å²) >= 11 is 0. The first-order valence-electron chi connectivity index (χ1n) is 5.11. The molecule has 0 unspecified atom stereocenters. The Kier molecular flexibility index (Phi) is 3.73. The molecule has 2 N–H and O–H groups in total. The molecule has 0 spiro atoms.